The maximum absolute atomic E-state index is 14.3. The lowest BCUT2D eigenvalue weighted by molar-refractivity contribution is -0.143. The van der Waals surface area contributed by atoms with Crippen LogP contribution in [0.15, 0.2) is 47.5 Å². The summed E-state index contributed by atoms with van der Waals surface area (Å²) in [5, 5.41) is 0.503. The number of aromatic nitrogens is 1. The predicted octanol–water partition coefficient (Wildman–Crippen LogP) is 3.80. The van der Waals surface area contributed by atoms with Crippen LogP contribution in [0.1, 0.15) is 17.3 Å². The van der Waals surface area contributed by atoms with Crippen molar-refractivity contribution in [1.29, 1.82) is 0 Å². The van der Waals surface area contributed by atoms with E-state index in [4.69, 9.17) is 16.3 Å². The van der Waals surface area contributed by atoms with E-state index in [9.17, 15) is 14.0 Å². The number of para-hydroxylation sites is 1. The molecule has 0 aliphatic heterocycles. The number of esters is 1. The first kappa shape index (κ1) is 18.3. The molecular weight excluding hydrogens is 379 g/mol. The molecule has 8 heteroatoms. The van der Waals surface area contributed by atoms with Crippen LogP contribution in [0.25, 0.3) is 10.2 Å². The molecule has 0 N–H and O–H groups in total. The first-order valence-corrected chi connectivity index (χ1v) is 8.97. The fraction of sp³-hybridized carbons (Fsp3) is 0.167. The third-order valence-corrected chi connectivity index (χ3v) is 4.83. The normalized spacial score (nSPS) is 11.7. The van der Waals surface area contributed by atoms with Crippen molar-refractivity contribution in [2.75, 3.05) is 6.61 Å². The molecule has 26 heavy (non-hydrogen) atoms. The minimum atomic E-state index is -0.532. The standard InChI is InChI=1S/C18H14ClFN2O3S/c1-2-25-15(23)10-22-16-13(20)4-3-5-14(16)26-18(22)21-17(24)11-6-8-12(19)9-7-11/h3-9H,2,10H2,1H3. The van der Waals surface area contributed by atoms with Gasteiger partial charge in [-0.05, 0) is 43.3 Å². The molecule has 1 heterocycles. The molecule has 3 aromatic rings. The Morgan fingerprint density at radius 3 is 2.65 bits per heavy atom. The van der Waals surface area contributed by atoms with Gasteiger partial charge in [0.25, 0.3) is 5.91 Å². The van der Waals surface area contributed by atoms with Crippen molar-refractivity contribution < 1.29 is 18.7 Å². The molecule has 0 unspecified atom stereocenters. The highest BCUT2D eigenvalue weighted by molar-refractivity contribution is 7.16. The van der Waals surface area contributed by atoms with E-state index in [1.807, 2.05) is 0 Å². The zero-order valence-corrected chi connectivity index (χ0v) is 15.3. The highest BCUT2D eigenvalue weighted by atomic mass is 35.5. The maximum Gasteiger partial charge on any atom is 0.326 e. The summed E-state index contributed by atoms with van der Waals surface area (Å²) in [5.74, 6) is -1.54. The van der Waals surface area contributed by atoms with Gasteiger partial charge in [0.1, 0.15) is 12.4 Å². The van der Waals surface area contributed by atoms with Gasteiger partial charge in [-0.25, -0.2) is 4.39 Å². The molecule has 1 amide bonds. The Morgan fingerprint density at radius 2 is 1.96 bits per heavy atom. The van der Waals surface area contributed by atoms with Crippen molar-refractivity contribution in [3.8, 4) is 0 Å². The van der Waals surface area contributed by atoms with Crippen LogP contribution < -0.4 is 4.80 Å². The number of carbonyl (C=O) groups is 2. The zero-order valence-electron chi connectivity index (χ0n) is 13.7. The SMILES string of the molecule is CCOC(=O)Cn1c(=NC(=O)c2ccc(Cl)cc2)sc2cccc(F)c21. The number of rotatable bonds is 4. The van der Waals surface area contributed by atoms with Gasteiger partial charge in [0.15, 0.2) is 4.80 Å². The number of benzene rings is 2. The highest BCUT2D eigenvalue weighted by Gasteiger charge is 2.15. The fourth-order valence-electron chi connectivity index (χ4n) is 2.40. The Hall–Kier alpha value is -2.51. The van der Waals surface area contributed by atoms with Crippen LogP contribution in [0.3, 0.4) is 0 Å². The topological polar surface area (TPSA) is 60.7 Å². The van der Waals surface area contributed by atoms with Crippen molar-refractivity contribution in [2.45, 2.75) is 13.5 Å². The molecule has 2 aromatic carbocycles. The summed E-state index contributed by atoms with van der Waals surface area (Å²) in [6.45, 7) is 1.66. The molecule has 0 bridgehead atoms. The van der Waals surface area contributed by atoms with E-state index in [0.29, 0.717) is 15.3 Å². The number of ether oxygens (including phenoxy) is 1. The van der Waals surface area contributed by atoms with Crippen molar-refractivity contribution in [3.05, 3.63) is 63.7 Å². The fourth-order valence-corrected chi connectivity index (χ4v) is 3.57. The van der Waals surface area contributed by atoms with E-state index in [1.165, 1.54) is 10.6 Å². The van der Waals surface area contributed by atoms with Crippen molar-refractivity contribution >= 4 is 45.0 Å². The largest absolute Gasteiger partial charge is 0.465 e. The maximum atomic E-state index is 14.3. The Bertz CT molecular complexity index is 1040. The molecule has 0 aliphatic carbocycles. The summed E-state index contributed by atoms with van der Waals surface area (Å²) in [6, 6.07) is 10.8. The summed E-state index contributed by atoms with van der Waals surface area (Å²) in [4.78, 5) is 28.6. The minimum absolute atomic E-state index is 0.208. The van der Waals surface area contributed by atoms with Gasteiger partial charge in [-0.2, -0.15) is 4.99 Å². The number of carbonyl (C=O) groups excluding carboxylic acids is 2. The number of amides is 1. The predicted molar refractivity (Wildman–Crippen MR) is 97.8 cm³/mol. The first-order chi connectivity index (χ1) is 12.5. The van der Waals surface area contributed by atoms with Crippen molar-refractivity contribution in [3.63, 3.8) is 0 Å². The number of halogens is 2. The van der Waals surface area contributed by atoms with Crippen LogP contribution >= 0.6 is 22.9 Å². The quantitative estimate of drug-likeness (QED) is 0.634. The second-order valence-corrected chi connectivity index (χ2v) is 6.73. The number of thiazole rings is 1. The lowest BCUT2D eigenvalue weighted by Crippen LogP contribution is -2.23. The molecule has 1 aromatic heterocycles. The van der Waals surface area contributed by atoms with Crippen LogP contribution in [0.5, 0.6) is 0 Å². The average molecular weight is 393 g/mol. The third kappa shape index (κ3) is 3.84. The van der Waals surface area contributed by atoms with Gasteiger partial charge < -0.3 is 9.30 Å². The Morgan fingerprint density at radius 1 is 1.23 bits per heavy atom. The molecule has 0 saturated heterocycles. The number of nitrogens with zero attached hydrogens (tertiary/aromatic N) is 2. The number of fused-ring (bicyclic) bond motifs is 1. The molecular formula is C18H14ClFN2O3S. The molecule has 0 fully saturated rings. The highest BCUT2D eigenvalue weighted by Crippen LogP contribution is 2.20. The second-order valence-electron chi connectivity index (χ2n) is 5.29. The molecule has 134 valence electrons. The van der Waals surface area contributed by atoms with E-state index in [2.05, 4.69) is 4.99 Å². The van der Waals surface area contributed by atoms with Gasteiger partial charge in [-0.3, -0.25) is 9.59 Å². The van der Waals surface area contributed by atoms with E-state index < -0.39 is 17.7 Å². The molecule has 0 spiro atoms. The van der Waals surface area contributed by atoms with Crippen LogP contribution in [0, 0.1) is 5.82 Å². The monoisotopic (exact) mass is 392 g/mol. The number of hydrogen-bond donors (Lipinski definition) is 0. The summed E-state index contributed by atoms with van der Waals surface area (Å²) in [6.07, 6.45) is 0. The van der Waals surface area contributed by atoms with E-state index in [1.54, 1.807) is 43.3 Å². The van der Waals surface area contributed by atoms with Gasteiger partial charge in [0, 0.05) is 10.6 Å². The molecule has 0 atom stereocenters. The summed E-state index contributed by atoms with van der Waals surface area (Å²) < 4.78 is 21.2. The molecule has 0 radical (unpaired) electrons. The Balaban J connectivity index is 2.12. The van der Waals surface area contributed by atoms with Gasteiger partial charge >= 0.3 is 5.97 Å². The second kappa shape index (κ2) is 7.80. The summed E-state index contributed by atoms with van der Waals surface area (Å²) in [7, 11) is 0. The Labute approximate surface area is 157 Å². The van der Waals surface area contributed by atoms with Crippen LogP contribution in [-0.4, -0.2) is 23.1 Å². The van der Waals surface area contributed by atoms with Gasteiger partial charge in [0.2, 0.25) is 0 Å². The minimum Gasteiger partial charge on any atom is -0.465 e. The summed E-state index contributed by atoms with van der Waals surface area (Å²) in [5.41, 5.74) is 0.559. The van der Waals surface area contributed by atoms with Gasteiger partial charge in [0.05, 0.1) is 16.8 Å². The lowest BCUT2D eigenvalue weighted by Gasteiger charge is -2.05. The van der Waals surface area contributed by atoms with Gasteiger partial charge in [-0.1, -0.05) is 29.0 Å². The van der Waals surface area contributed by atoms with Crippen LogP contribution in [0.2, 0.25) is 5.02 Å². The smallest absolute Gasteiger partial charge is 0.326 e. The van der Waals surface area contributed by atoms with Crippen molar-refractivity contribution in [1.82, 2.24) is 4.57 Å². The molecule has 0 saturated carbocycles. The third-order valence-electron chi connectivity index (χ3n) is 3.53. The molecule has 5 nitrogen and oxygen atoms in total. The number of hydrogen-bond acceptors (Lipinski definition) is 4. The zero-order chi connectivity index (χ0) is 18.7. The van der Waals surface area contributed by atoms with Gasteiger partial charge in [-0.15, -0.1) is 0 Å². The van der Waals surface area contributed by atoms with E-state index >= 15 is 0 Å². The lowest BCUT2D eigenvalue weighted by atomic mass is 10.2. The van der Waals surface area contributed by atoms with E-state index in [-0.39, 0.29) is 23.5 Å². The first-order valence-electron chi connectivity index (χ1n) is 7.77. The summed E-state index contributed by atoms with van der Waals surface area (Å²) >= 11 is 6.95. The Kier molecular flexibility index (Phi) is 5.49. The molecule has 0 aliphatic rings. The average Bonchev–Trinajstić information content (AvgIpc) is 2.94. The molecule has 3 rings (SSSR count). The van der Waals surface area contributed by atoms with Crippen LogP contribution in [0.4, 0.5) is 4.39 Å². The van der Waals surface area contributed by atoms with E-state index in [0.717, 1.165) is 11.3 Å². The van der Waals surface area contributed by atoms with Crippen molar-refractivity contribution in [2.24, 2.45) is 4.99 Å². The van der Waals surface area contributed by atoms with Crippen LogP contribution in [-0.2, 0) is 16.1 Å².